The van der Waals surface area contributed by atoms with Gasteiger partial charge in [0.05, 0.1) is 35.5 Å². The van der Waals surface area contributed by atoms with Crippen molar-refractivity contribution < 1.29 is 28.1 Å². The lowest BCUT2D eigenvalue weighted by atomic mass is 9.94. The van der Waals surface area contributed by atoms with Crippen molar-refractivity contribution in [3.05, 3.63) is 77.7 Å². The molecular formula is C34H45FN2O5. The minimum atomic E-state index is -0.498. The second kappa shape index (κ2) is 19.5. The minimum absolute atomic E-state index is 0.437. The van der Waals surface area contributed by atoms with Crippen molar-refractivity contribution in [1.29, 1.82) is 0 Å². The van der Waals surface area contributed by atoms with E-state index in [1.165, 1.54) is 17.3 Å². The summed E-state index contributed by atoms with van der Waals surface area (Å²) in [4.78, 5) is 0. The van der Waals surface area contributed by atoms with Gasteiger partial charge in [-0.3, -0.25) is 0 Å². The third-order valence-corrected chi connectivity index (χ3v) is 6.14. The fourth-order valence-electron chi connectivity index (χ4n) is 4.03. The molecule has 0 fully saturated rings. The van der Waals surface area contributed by atoms with Crippen molar-refractivity contribution >= 4 is 11.4 Å². The molecular weight excluding hydrogens is 535 g/mol. The first-order chi connectivity index (χ1) is 20.3. The van der Waals surface area contributed by atoms with E-state index in [1.807, 2.05) is 43.3 Å². The molecule has 0 spiro atoms. The molecule has 7 nitrogen and oxygen atoms in total. The van der Waals surface area contributed by atoms with E-state index in [0.29, 0.717) is 34.7 Å². The number of hydrogen-bond acceptors (Lipinski definition) is 7. The Morgan fingerprint density at radius 2 is 1.52 bits per heavy atom. The Kier molecular flexibility index (Phi) is 16.5. The highest BCUT2D eigenvalue weighted by molar-refractivity contribution is 5.72. The van der Waals surface area contributed by atoms with Gasteiger partial charge in [-0.25, -0.2) is 4.39 Å². The summed E-state index contributed by atoms with van der Waals surface area (Å²) in [6.07, 6.45) is 14.9. The first-order valence-corrected chi connectivity index (χ1v) is 13.5. The monoisotopic (exact) mass is 580 g/mol. The third kappa shape index (κ3) is 10.5. The molecule has 0 aromatic heterocycles. The molecule has 228 valence electrons. The van der Waals surface area contributed by atoms with E-state index in [9.17, 15) is 4.39 Å². The molecule has 2 N–H and O–H groups in total. The van der Waals surface area contributed by atoms with Gasteiger partial charge in [-0.1, -0.05) is 37.3 Å². The predicted molar refractivity (Wildman–Crippen MR) is 172 cm³/mol. The Balaban J connectivity index is 0.000000388. The van der Waals surface area contributed by atoms with Crippen LogP contribution in [0.15, 0.2) is 77.7 Å². The Labute approximate surface area is 251 Å². The number of para-hydroxylation sites is 1. The highest BCUT2D eigenvalue weighted by Crippen LogP contribution is 2.41. The molecule has 0 amide bonds. The van der Waals surface area contributed by atoms with Crippen LogP contribution >= 0.6 is 0 Å². The van der Waals surface area contributed by atoms with Gasteiger partial charge < -0.3 is 34.3 Å². The van der Waals surface area contributed by atoms with E-state index < -0.39 is 6.67 Å². The number of benzene rings is 2. The van der Waals surface area contributed by atoms with Gasteiger partial charge in [-0.05, 0) is 56.9 Å². The number of halogens is 1. The van der Waals surface area contributed by atoms with Crippen LogP contribution < -0.4 is 34.3 Å². The Morgan fingerprint density at radius 3 is 1.95 bits per heavy atom. The zero-order valence-electron chi connectivity index (χ0n) is 26.3. The van der Waals surface area contributed by atoms with E-state index >= 15 is 0 Å². The summed E-state index contributed by atoms with van der Waals surface area (Å²) in [5, 5.41) is 6.65. The largest absolute Gasteiger partial charge is 0.496 e. The summed E-state index contributed by atoms with van der Waals surface area (Å²) in [5.41, 5.74) is 4.75. The quantitative estimate of drug-likeness (QED) is 0.205. The summed E-state index contributed by atoms with van der Waals surface area (Å²) < 4.78 is 38.9. The van der Waals surface area contributed by atoms with Crippen LogP contribution in [0.3, 0.4) is 0 Å². The maximum Gasteiger partial charge on any atom is 0.149 e. The van der Waals surface area contributed by atoms with Crippen molar-refractivity contribution in [2.24, 2.45) is 5.92 Å². The van der Waals surface area contributed by atoms with Crippen molar-refractivity contribution in [2.45, 2.75) is 34.1 Å². The van der Waals surface area contributed by atoms with E-state index in [4.69, 9.17) is 23.7 Å². The Hall–Kier alpha value is -4.51. The van der Waals surface area contributed by atoms with Crippen LogP contribution in [-0.4, -0.2) is 42.2 Å². The molecule has 42 heavy (non-hydrogen) atoms. The molecule has 0 saturated heterocycles. The average molecular weight is 581 g/mol. The highest BCUT2D eigenvalue weighted by Gasteiger charge is 2.19. The highest BCUT2D eigenvalue weighted by atomic mass is 19.1. The van der Waals surface area contributed by atoms with Crippen molar-refractivity contribution in [1.82, 2.24) is 0 Å². The Bertz CT molecular complexity index is 1240. The zero-order chi connectivity index (χ0) is 31.5. The van der Waals surface area contributed by atoms with Gasteiger partial charge in [-0.2, -0.15) is 0 Å². The van der Waals surface area contributed by atoms with Gasteiger partial charge in [0.1, 0.15) is 46.8 Å². The molecule has 1 aliphatic rings. The standard InChI is InChI=1S/C17H23NO3.C14H18FNO2.C3H4/c1-11-7-6-8-12(2)16(11)18-17-14(20-4)9-13(19-3)10-15(17)21-5;1-4-11(7-6-10-15)16-14-12(17-2)8-5-9-13(14)18-3;1-3-2/h6-7,9-10,12,18H,8H2,1-5H3;4-9,16H,10H2,1-3H3;1H,2H3/b;7-6-,11-4+;. The molecule has 2 aromatic carbocycles. The second-order valence-electron chi connectivity index (χ2n) is 8.92. The molecule has 1 aliphatic carbocycles. The van der Waals surface area contributed by atoms with Crippen molar-refractivity contribution in [3.8, 4) is 41.1 Å². The topological polar surface area (TPSA) is 70.2 Å². The fraction of sp³-hybridized carbons (Fsp3) is 0.353. The van der Waals surface area contributed by atoms with E-state index in [0.717, 1.165) is 23.5 Å². The normalized spacial score (nSPS) is 14.0. The number of rotatable bonds is 11. The van der Waals surface area contributed by atoms with Crippen molar-refractivity contribution in [3.63, 3.8) is 0 Å². The molecule has 3 rings (SSSR count). The van der Waals surface area contributed by atoms with Crippen LogP contribution in [0.25, 0.3) is 0 Å². The smallest absolute Gasteiger partial charge is 0.149 e. The van der Waals surface area contributed by atoms with Gasteiger partial charge in [-0.15, -0.1) is 12.3 Å². The lowest BCUT2D eigenvalue weighted by Gasteiger charge is -2.24. The van der Waals surface area contributed by atoms with Crippen molar-refractivity contribution in [2.75, 3.05) is 52.9 Å². The minimum Gasteiger partial charge on any atom is -0.496 e. The summed E-state index contributed by atoms with van der Waals surface area (Å²) in [6.45, 7) is 7.34. The second-order valence-corrected chi connectivity index (χ2v) is 8.92. The lowest BCUT2D eigenvalue weighted by Crippen LogP contribution is -2.14. The van der Waals surface area contributed by atoms with Crippen LogP contribution in [0.2, 0.25) is 0 Å². The first kappa shape index (κ1) is 35.5. The maximum absolute atomic E-state index is 12.1. The van der Waals surface area contributed by atoms with Crippen LogP contribution in [0.4, 0.5) is 15.8 Å². The van der Waals surface area contributed by atoms with E-state index in [-0.39, 0.29) is 0 Å². The molecule has 0 saturated carbocycles. The number of allylic oxidation sites excluding steroid dienone is 7. The molecule has 0 radical (unpaired) electrons. The summed E-state index contributed by atoms with van der Waals surface area (Å²) in [7, 11) is 8.09. The van der Waals surface area contributed by atoms with Crippen LogP contribution in [0.5, 0.6) is 28.7 Å². The first-order valence-electron chi connectivity index (χ1n) is 13.5. The number of hydrogen-bond donors (Lipinski definition) is 2. The number of methoxy groups -OCH3 is 5. The maximum atomic E-state index is 12.1. The number of anilines is 2. The molecule has 2 aromatic rings. The summed E-state index contributed by atoms with van der Waals surface area (Å²) >= 11 is 0. The number of alkyl halides is 1. The molecule has 0 aliphatic heterocycles. The third-order valence-electron chi connectivity index (χ3n) is 6.14. The fourth-order valence-corrected chi connectivity index (χ4v) is 4.03. The number of terminal acetylenes is 1. The SMILES string of the molecule is C#CC.C/C=C(\C=C/CF)Nc1c(OC)cccc1OC.COc1cc(OC)c(NC2=C(C)C=CCC2C)c(OC)c1. The average Bonchev–Trinajstić information content (AvgIpc) is 3.01. The molecule has 8 heteroatoms. The van der Waals surface area contributed by atoms with E-state index in [2.05, 4.69) is 49.0 Å². The van der Waals surface area contributed by atoms with Gasteiger partial charge in [0, 0.05) is 23.5 Å². The molecule has 1 unspecified atom stereocenters. The summed E-state index contributed by atoms with van der Waals surface area (Å²) in [6, 6.07) is 9.21. The van der Waals surface area contributed by atoms with Gasteiger partial charge in [0.15, 0.2) is 0 Å². The lowest BCUT2D eigenvalue weighted by molar-refractivity contribution is 0.377. The number of nitrogens with one attached hydrogen (secondary N) is 2. The number of ether oxygens (including phenoxy) is 5. The van der Waals surface area contributed by atoms with Gasteiger partial charge in [0.25, 0.3) is 0 Å². The van der Waals surface area contributed by atoms with Crippen LogP contribution in [0, 0.1) is 18.3 Å². The molecule has 1 atom stereocenters. The van der Waals surface area contributed by atoms with E-state index in [1.54, 1.807) is 48.5 Å². The molecule has 0 heterocycles. The Morgan fingerprint density at radius 1 is 0.976 bits per heavy atom. The van der Waals surface area contributed by atoms with Gasteiger partial charge >= 0.3 is 0 Å². The van der Waals surface area contributed by atoms with Crippen LogP contribution in [0.1, 0.15) is 34.1 Å². The molecule has 0 bridgehead atoms. The predicted octanol–water partition coefficient (Wildman–Crippen LogP) is 8.18. The zero-order valence-corrected chi connectivity index (χ0v) is 26.3. The summed E-state index contributed by atoms with van der Waals surface area (Å²) in [5.74, 6) is 6.13. The van der Waals surface area contributed by atoms with Crippen LogP contribution in [-0.2, 0) is 0 Å². The van der Waals surface area contributed by atoms with Gasteiger partial charge in [0.2, 0.25) is 0 Å².